The van der Waals surface area contributed by atoms with Crippen molar-refractivity contribution in [3.63, 3.8) is 0 Å². The van der Waals surface area contributed by atoms with Crippen LogP contribution in [0.3, 0.4) is 0 Å². The molecule has 0 radical (unpaired) electrons. The van der Waals surface area contributed by atoms with Gasteiger partial charge in [0.25, 0.3) is 0 Å². The van der Waals surface area contributed by atoms with Crippen molar-refractivity contribution in [3.05, 3.63) is 11.3 Å². The molecule has 1 saturated heterocycles. The third-order valence-electron chi connectivity index (χ3n) is 3.33. The van der Waals surface area contributed by atoms with Gasteiger partial charge in [-0.05, 0) is 25.7 Å². The lowest BCUT2D eigenvalue weighted by atomic mass is 9.95. The Labute approximate surface area is 103 Å². The molecule has 3 nitrogen and oxygen atoms in total. The zero-order valence-electron chi connectivity index (χ0n) is 9.92. The van der Waals surface area contributed by atoms with Gasteiger partial charge in [-0.1, -0.05) is 12.2 Å². The van der Waals surface area contributed by atoms with E-state index in [1.54, 1.807) is 0 Å². The highest BCUT2D eigenvalue weighted by atomic mass is 32.1. The summed E-state index contributed by atoms with van der Waals surface area (Å²) in [6.07, 6.45) is 4.87. The Balaban J connectivity index is 2.17. The monoisotopic (exact) mass is 240 g/mol. The van der Waals surface area contributed by atoms with Crippen LogP contribution in [-0.2, 0) is 4.74 Å². The molecule has 0 aromatic rings. The van der Waals surface area contributed by atoms with E-state index in [9.17, 15) is 0 Å². The number of nitrogens with zero attached hydrogens (tertiary/aromatic N) is 1. The van der Waals surface area contributed by atoms with Gasteiger partial charge in [0, 0.05) is 31.4 Å². The van der Waals surface area contributed by atoms with Crippen molar-refractivity contribution in [2.75, 3.05) is 33.4 Å². The molecule has 1 aliphatic carbocycles. The largest absolute Gasteiger partial charge is 0.379 e. The molecule has 4 heteroatoms. The van der Waals surface area contributed by atoms with Crippen molar-refractivity contribution >= 4 is 17.2 Å². The van der Waals surface area contributed by atoms with Crippen LogP contribution >= 0.6 is 12.2 Å². The Kier molecular flexibility index (Phi) is 4.18. The Hall–Kier alpha value is -0.610. The zero-order chi connectivity index (χ0) is 11.4. The first-order valence-electron chi connectivity index (χ1n) is 6.09. The molecule has 90 valence electrons. The molecule has 0 saturated carbocycles. The van der Waals surface area contributed by atoms with Crippen LogP contribution in [0.2, 0.25) is 0 Å². The fourth-order valence-corrected chi connectivity index (χ4v) is 2.69. The second-order valence-corrected chi connectivity index (χ2v) is 4.72. The summed E-state index contributed by atoms with van der Waals surface area (Å²) in [6.45, 7) is 3.74. The minimum atomic E-state index is 0.850. The van der Waals surface area contributed by atoms with Crippen molar-refractivity contribution in [1.29, 1.82) is 0 Å². The predicted molar refractivity (Wildman–Crippen MR) is 69.5 cm³/mol. The Bertz CT molecular complexity index is 295. The highest BCUT2D eigenvalue weighted by Gasteiger charge is 2.21. The van der Waals surface area contributed by atoms with E-state index in [-0.39, 0.29) is 0 Å². The van der Waals surface area contributed by atoms with Crippen LogP contribution in [0.25, 0.3) is 0 Å². The Morgan fingerprint density at radius 1 is 1.25 bits per heavy atom. The van der Waals surface area contributed by atoms with Crippen molar-refractivity contribution in [1.82, 2.24) is 10.2 Å². The number of hydrogen-bond acceptors (Lipinski definition) is 3. The lowest BCUT2D eigenvalue weighted by Gasteiger charge is -2.35. The van der Waals surface area contributed by atoms with Crippen LogP contribution in [0.1, 0.15) is 25.7 Å². The third kappa shape index (κ3) is 2.55. The van der Waals surface area contributed by atoms with Crippen molar-refractivity contribution in [2.45, 2.75) is 25.7 Å². The topological polar surface area (TPSA) is 24.5 Å². The molecule has 2 aliphatic rings. The van der Waals surface area contributed by atoms with Gasteiger partial charge in [0.2, 0.25) is 0 Å². The van der Waals surface area contributed by atoms with E-state index >= 15 is 0 Å². The number of thiocarbonyl (C=S) groups is 1. The minimum absolute atomic E-state index is 0.850. The number of rotatable bonds is 2. The van der Waals surface area contributed by atoms with Crippen LogP contribution in [0.4, 0.5) is 0 Å². The van der Waals surface area contributed by atoms with Crippen LogP contribution in [0.5, 0.6) is 0 Å². The molecule has 0 unspecified atom stereocenters. The first-order chi connectivity index (χ1) is 7.83. The predicted octanol–water partition coefficient (Wildman–Crippen LogP) is 1.69. The van der Waals surface area contributed by atoms with Crippen molar-refractivity contribution in [3.8, 4) is 0 Å². The quantitative estimate of drug-likeness (QED) is 0.743. The number of morpholine rings is 1. The van der Waals surface area contributed by atoms with Gasteiger partial charge in [-0.2, -0.15) is 0 Å². The van der Waals surface area contributed by atoms with Crippen molar-refractivity contribution < 1.29 is 4.74 Å². The molecule has 1 heterocycles. The first kappa shape index (κ1) is 11.9. The number of likely N-dealkylation sites (N-methyl/N-ethyl adjacent to an activating group) is 1. The lowest BCUT2D eigenvalue weighted by molar-refractivity contribution is 0.0509. The summed E-state index contributed by atoms with van der Waals surface area (Å²) in [5, 5.41) is 3.12. The summed E-state index contributed by atoms with van der Waals surface area (Å²) in [7, 11) is 1.92. The summed E-state index contributed by atoms with van der Waals surface area (Å²) in [6, 6.07) is 0. The number of nitrogens with one attached hydrogen (secondary N) is 1. The average Bonchev–Trinajstić information content (AvgIpc) is 2.39. The molecule has 16 heavy (non-hydrogen) atoms. The summed E-state index contributed by atoms with van der Waals surface area (Å²) in [5.74, 6) is 0. The molecular weight excluding hydrogens is 220 g/mol. The molecule has 2 rings (SSSR count). The molecule has 0 aromatic carbocycles. The maximum Gasteiger partial charge on any atom is 0.103 e. The fourth-order valence-electron chi connectivity index (χ4n) is 2.47. The van der Waals surface area contributed by atoms with Gasteiger partial charge in [-0.3, -0.25) is 0 Å². The Morgan fingerprint density at radius 2 is 1.94 bits per heavy atom. The summed E-state index contributed by atoms with van der Waals surface area (Å²) in [5.41, 5.74) is 2.83. The van der Waals surface area contributed by atoms with Gasteiger partial charge in [-0.25, -0.2) is 0 Å². The van der Waals surface area contributed by atoms with Crippen LogP contribution in [-0.4, -0.2) is 43.2 Å². The second-order valence-electron chi connectivity index (χ2n) is 4.31. The molecule has 1 N–H and O–H groups in total. The molecular formula is C12H20N2OS. The van der Waals surface area contributed by atoms with Crippen LogP contribution in [0.15, 0.2) is 11.3 Å². The molecule has 0 spiro atoms. The van der Waals surface area contributed by atoms with E-state index in [1.807, 2.05) is 7.05 Å². The highest BCUT2D eigenvalue weighted by Crippen LogP contribution is 2.28. The molecule has 1 aliphatic heterocycles. The van der Waals surface area contributed by atoms with Crippen LogP contribution in [0, 0.1) is 0 Å². The molecule has 0 amide bonds. The zero-order valence-corrected chi connectivity index (χ0v) is 10.7. The van der Waals surface area contributed by atoms with Gasteiger partial charge in [-0.15, -0.1) is 0 Å². The average molecular weight is 240 g/mol. The van der Waals surface area contributed by atoms with E-state index in [0.29, 0.717) is 0 Å². The smallest absolute Gasteiger partial charge is 0.103 e. The minimum Gasteiger partial charge on any atom is -0.379 e. The number of allylic oxidation sites excluding steroid dienone is 1. The molecule has 1 fully saturated rings. The number of ether oxygens (including phenoxy) is 1. The van der Waals surface area contributed by atoms with Crippen LogP contribution < -0.4 is 5.32 Å². The fraction of sp³-hybridized carbons (Fsp3) is 0.750. The van der Waals surface area contributed by atoms with Gasteiger partial charge in [0.05, 0.1) is 13.2 Å². The van der Waals surface area contributed by atoms with E-state index in [2.05, 4.69) is 10.2 Å². The van der Waals surface area contributed by atoms with Gasteiger partial charge < -0.3 is 15.0 Å². The van der Waals surface area contributed by atoms with Gasteiger partial charge >= 0.3 is 0 Å². The normalized spacial score (nSPS) is 22.2. The van der Waals surface area contributed by atoms with Gasteiger partial charge in [0.1, 0.15) is 4.99 Å². The molecule has 0 atom stereocenters. The second kappa shape index (κ2) is 5.64. The Morgan fingerprint density at radius 3 is 2.62 bits per heavy atom. The summed E-state index contributed by atoms with van der Waals surface area (Å²) < 4.78 is 5.40. The van der Waals surface area contributed by atoms with Crippen molar-refractivity contribution in [2.24, 2.45) is 0 Å². The first-order valence-corrected chi connectivity index (χ1v) is 6.50. The summed E-state index contributed by atoms with van der Waals surface area (Å²) >= 11 is 5.39. The maximum absolute atomic E-state index is 5.40. The SMILES string of the molecule is CNC(=S)C1=C(N2CCOCC2)CCCC1. The molecule has 0 bridgehead atoms. The highest BCUT2D eigenvalue weighted by molar-refractivity contribution is 7.80. The molecule has 0 aromatic heterocycles. The number of hydrogen-bond donors (Lipinski definition) is 1. The van der Waals surface area contributed by atoms with E-state index in [1.165, 1.54) is 30.5 Å². The van der Waals surface area contributed by atoms with Gasteiger partial charge in [0.15, 0.2) is 0 Å². The lowest BCUT2D eigenvalue weighted by Crippen LogP contribution is -2.38. The standard InChI is InChI=1S/C12H20N2OS/c1-13-12(16)10-4-2-3-5-11(10)14-6-8-15-9-7-14/h2-9H2,1H3,(H,13,16). The van der Waals surface area contributed by atoms with E-state index in [0.717, 1.165) is 37.7 Å². The summed E-state index contributed by atoms with van der Waals surface area (Å²) in [4.78, 5) is 3.39. The van der Waals surface area contributed by atoms with E-state index in [4.69, 9.17) is 17.0 Å². The third-order valence-corrected chi connectivity index (χ3v) is 3.78. The maximum atomic E-state index is 5.40. The van der Waals surface area contributed by atoms with E-state index < -0.39 is 0 Å².